The Kier molecular flexibility index (Phi) is 7.40. The van der Waals surface area contributed by atoms with E-state index in [1.165, 1.54) is 35.7 Å². The zero-order chi connectivity index (χ0) is 29.0. The molecule has 0 spiro atoms. The van der Waals surface area contributed by atoms with Gasteiger partial charge in [0.1, 0.15) is 47.4 Å². The minimum atomic E-state index is -1.17. The third-order valence-electron chi connectivity index (χ3n) is 8.23. The van der Waals surface area contributed by atoms with Gasteiger partial charge in [-0.15, -0.1) is 16.9 Å². The Labute approximate surface area is 245 Å². The van der Waals surface area contributed by atoms with Crippen LogP contribution in [-0.2, 0) is 14.2 Å². The van der Waals surface area contributed by atoms with Crippen molar-refractivity contribution in [2.75, 3.05) is 20.3 Å². The first-order valence-corrected chi connectivity index (χ1v) is 14.7. The fraction of sp³-hybridized carbons (Fsp3) is 0.429. The zero-order valence-electron chi connectivity index (χ0n) is 22.5. The predicted molar refractivity (Wildman–Crippen MR) is 148 cm³/mol. The highest BCUT2D eigenvalue weighted by Gasteiger charge is 2.60. The van der Waals surface area contributed by atoms with Crippen LogP contribution >= 0.6 is 11.8 Å². The molecule has 4 aliphatic heterocycles. The van der Waals surface area contributed by atoms with E-state index >= 15 is 0 Å². The fourth-order valence-electron chi connectivity index (χ4n) is 6.07. The highest BCUT2D eigenvalue weighted by atomic mass is 32.2. The van der Waals surface area contributed by atoms with E-state index < -0.39 is 53.6 Å². The number of benzene rings is 2. The number of aromatic nitrogens is 3. The van der Waals surface area contributed by atoms with E-state index in [4.69, 9.17) is 19.6 Å². The van der Waals surface area contributed by atoms with Gasteiger partial charge in [-0.05, 0) is 17.7 Å². The molecule has 3 saturated heterocycles. The average Bonchev–Trinajstić information content (AvgIpc) is 3.63. The van der Waals surface area contributed by atoms with Gasteiger partial charge in [0.25, 0.3) is 0 Å². The van der Waals surface area contributed by atoms with Crippen molar-refractivity contribution in [3.63, 3.8) is 0 Å². The number of aliphatic hydroxyl groups excluding tert-OH is 3. The van der Waals surface area contributed by atoms with Crippen molar-refractivity contribution in [2.24, 2.45) is 0 Å². The van der Waals surface area contributed by atoms with Crippen LogP contribution in [0.15, 0.2) is 67.0 Å². The van der Waals surface area contributed by atoms with E-state index in [0.717, 1.165) is 16.4 Å². The standard InChI is InChI=1S/C28H31FN6O6S/c1-39-26-22(33-11-18(30-32-33)16-8-5-9-17(29)10-16)24(37)20(13-36)41-28(26)42-21-14-40-27-23(25(21)38)34-12-19(31-35(27)34)15-6-3-2-4-7-15/h2-12,20-28,35-38H,13-14H2,1H3. The number of aliphatic hydroxyl groups is 3. The molecule has 0 aliphatic carbocycles. The van der Waals surface area contributed by atoms with Gasteiger partial charge in [0.2, 0.25) is 6.23 Å². The number of quaternary nitrogens is 1. The Morgan fingerprint density at radius 1 is 1.12 bits per heavy atom. The number of hydrogen-bond acceptors (Lipinski definition) is 10. The van der Waals surface area contributed by atoms with Gasteiger partial charge in [-0.1, -0.05) is 53.4 Å². The summed E-state index contributed by atoms with van der Waals surface area (Å²) in [5.74, 6) is -0.402. The topological polar surface area (TPSA) is 141 Å². The first-order valence-electron chi connectivity index (χ1n) is 13.7. The van der Waals surface area contributed by atoms with Crippen LogP contribution in [0.4, 0.5) is 4.39 Å². The molecule has 4 N–H and O–H groups in total. The second-order valence-corrected chi connectivity index (χ2v) is 12.0. The molecule has 5 heterocycles. The Morgan fingerprint density at radius 2 is 1.93 bits per heavy atom. The van der Waals surface area contributed by atoms with E-state index in [2.05, 4.69) is 10.3 Å². The van der Waals surface area contributed by atoms with E-state index in [1.807, 2.05) is 41.5 Å². The molecule has 14 heteroatoms. The third kappa shape index (κ3) is 4.68. The summed E-state index contributed by atoms with van der Waals surface area (Å²) >= 11 is 1.34. The molecular formula is C28H31FN6O6S. The molecule has 3 aromatic rings. The molecule has 0 amide bonds. The lowest BCUT2D eigenvalue weighted by atomic mass is 9.97. The van der Waals surface area contributed by atoms with Crippen molar-refractivity contribution in [3.8, 4) is 11.3 Å². The summed E-state index contributed by atoms with van der Waals surface area (Å²) in [6.07, 6.45) is -0.372. The molecule has 4 aliphatic rings. The molecule has 222 valence electrons. The summed E-state index contributed by atoms with van der Waals surface area (Å²) < 4.78 is 33.4. The van der Waals surface area contributed by atoms with Crippen molar-refractivity contribution < 1.29 is 39.0 Å². The fourth-order valence-corrected chi connectivity index (χ4v) is 7.53. The minimum absolute atomic E-state index is 0.251. The van der Waals surface area contributed by atoms with Gasteiger partial charge in [0.05, 0.1) is 24.7 Å². The Morgan fingerprint density at radius 3 is 2.69 bits per heavy atom. The summed E-state index contributed by atoms with van der Waals surface area (Å²) in [4.78, 5) is 0. The highest BCUT2D eigenvalue weighted by molar-refractivity contribution is 8.00. The number of nitrogens with zero attached hydrogens (tertiary/aromatic N) is 5. The van der Waals surface area contributed by atoms with E-state index in [1.54, 1.807) is 18.3 Å². The number of rotatable bonds is 7. The highest BCUT2D eigenvalue weighted by Crippen LogP contribution is 2.42. The summed E-state index contributed by atoms with van der Waals surface area (Å²) in [6.45, 7) is -0.188. The first-order chi connectivity index (χ1) is 20.5. The van der Waals surface area contributed by atoms with E-state index in [0.29, 0.717) is 11.3 Å². The minimum Gasteiger partial charge on any atom is -0.458 e. The van der Waals surface area contributed by atoms with Crippen LogP contribution in [0.5, 0.6) is 0 Å². The van der Waals surface area contributed by atoms with E-state index in [9.17, 15) is 19.7 Å². The number of halogens is 1. The maximum absolute atomic E-state index is 13.8. The second kappa shape index (κ2) is 11.2. The summed E-state index contributed by atoms with van der Waals surface area (Å²) in [6, 6.07) is 14.8. The van der Waals surface area contributed by atoms with Gasteiger partial charge in [-0.25, -0.2) is 19.2 Å². The van der Waals surface area contributed by atoms with Gasteiger partial charge < -0.3 is 35.0 Å². The number of methoxy groups -OCH3 is 1. The molecule has 12 nitrogen and oxygen atoms in total. The number of hydrogen-bond donors (Lipinski definition) is 4. The largest absolute Gasteiger partial charge is 0.458 e. The Bertz CT molecular complexity index is 1450. The van der Waals surface area contributed by atoms with Crippen LogP contribution in [0, 0.1) is 5.82 Å². The zero-order valence-corrected chi connectivity index (χ0v) is 23.4. The maximum atomic E-state index is 13.8. The lowest BCUT2D eigenvalue weighted by molar-refractivity contribution is -1.07. The van der Waals surface area contributed by atoms with Gasteiger partial charge in [0.15, 0.2) is 6.04 Å². The van der Waals surface area contributed by atoms with Crippen molar-refractivity contribution in [1.29, 1.82) is 0 Å². The average molecular weight is 599 g/mol. The van der Waals surface area contributed by atoms with Gasteiger partial charge in [-0.2, -0.15) is 0 Å². The molecule has 10 atom stereocenters. The van der Waals surface area contributed by atoms with Crippen LogP contribution in [0.1, 0.15) is 11.6 Å². The predicted octanol–water partition coefficient (Wildman–Crippen LogP) is 0.322. The maximum Gasteiger partial charge on any atom is 0.238 e. The SMILES string of the molecule is COC1C(SC2COC3C(C2O)N2C=C(c4ccccc4)[N-][NH+]32)OC(CO)C(O)C1n1cc(-c2cccc(F)c2)nn1. The molecular weight excluding hydrogens is 567 g/mol. The van der Waals surface area contributed by atoms with Crippen LogP contribution in [0.3, 0.4) is 0 Å². The lowest BCUT2D eigenvalue weighted by Gasteiger charge is -2.58. The second-order valence-electron chi connectivity index (χ2n) is 10.7. The number of fused-ring (bicyclic) bond motifs is 4. The summed E-state index contributed by atoms with van der Waals surface area (Å²) in [5, 5.41) is 43.5. The molecule has 10 unspecified atom stereocenters. The van der Waals surface area contributed by atoms with Gasteiger partial charge >= 0.3 is 0 Å². The lowest BCUT2D eigenvalue weighted by Crippen LogP contribution is -3.28. The number of thioether (sulfide) groups is 1. The molecule has 2 aromatic carbocycles. The summed E-state index contributed by atoms with van der Waals surface area (Å²) in [7, 11) is 1.50. The molecule has 3 fully saturated rings. The molecule has 42 heavy (non-hydrogen) atoms. The molecule has 7 rings (SSSR count). The van der Waals surface area contributed by atoms with Gasteiger partial charge in [-0.3, -0.25) is 0 Å². The molecule has 0 saturated carbocycles. The number of ether oxygens (including phenoxy) is 3. The monoisotopic (exact) mass is 598 g/mol. The van der Waals surface area contributed by atoms with Crippen LogP contribution < -0.4 is 5.12 Å². The van der Waals surface area contributed by atoms with Crippen LogP contribution in [0.2, 0.25) is 0 Å². The Balaban J connectivity index is 1.10. The summed E-state index contributed by atoms with van der Waals surface area (Å²) in [5.41, 5.74) is 6.82. The van der Waals surface area contributed by atoms with Crippen LogP contribution in [0.25, 0.3) is 22.4 Å². The molecule has 1 aromatic heterocycles. The smallest absolute Gasteiger partial charge is 0.238 e. The van der Waals surface area contributed by atoms with Crippen molar-refractivity contribution in [3.05, 3.63) is 83.8 Å². The van der Waals surface area contributed by atoms with Gasteiger partial charge in [0, 0.05) is 18.9 Å². The number of nitrogens with one attached hydrogen (secondary N) is 1. The van der Waals surface area contributed by atoms with Crippen molar-refractivity contribution in [2.45, 2.75) is 53.4 Å². The third-order valence-corrected chi connectivity index (χ3v) is 9.64. The first kappa shape index (κ1) is 27.7. The Hall–Kier alpha value is -3.08. The van der Waals surface area contributed by atoms with E-state index in [-0.39, 0.29) is 18.9 Å². The van der Waals surface area contributed by atoms with Crippen LogP contribution in [-0.4, -0.2) is 103 Å². The quantitative estimate of drug-likeness (QED) is 0.301. The molecule has 0 bridgehead atoms. The molecule has 0 radical (unpaired) electrons. The normalized spacial score (nSPS) is 35.5. The van der Waals surface area contributed by atoms with Crippen molar-refractivity contribution in [1.82, 2.24) is 20.0 Å². The van der Waals surface area contributed by atoms with Crippen molar-refractivity contribution >= 4 is 17.5 Å².